The van der Waals surface area contributed by atoms with Crippen molar-refractivity contribution in [3.05, 3.63) is 72.0 Å². The fourth-order valence-electron chi connectivity index (χ4n) is 2.77. The van der Waals surface area contributed by atoms with Gasteiger partial charge in [0.05, 0.1) is 13.3 Å². The topological polar surface area (TPSA) is 64.4 Å². The van der Waals surface area contributed by atoms with Gasteiger partial charge in [-0.25, -0.2) is 9.37 Å². The van der Waals surface area contributed by atoms with Crippen LogP contribution in [0.5, 0.6) is 5.75 Å². The van der Waals surface area contributed by atoms with Crippen LogP contribution in [0.25, 0.3) is 11.3 Å². The first-order valence-electron chi connectivity index (χ1n) is 8.69. The second-order valence-corrected chi connectivity index (χ2v) is 6.17. The number of halogens is 1. The Bertz CT molecular complexity index is 906. The standard InChI is InChI=1S/C21H21FN2O3/c1-14(21-23-13-19(27-21)16-7-10-17(22)11-8-16)24-20(25)12-9-15-5-3-4-6-18(15)26-2/h3-8,10-11,13-14H,9,12H2,1-2H3,(H,24,25). The predicted octanol–water partition coefficient (Wildman–Crippen LogP) is 4.30. The number of methoxy groups -OCH3 is 1. The van der Waals surface area contributed by atoms with E-state index in [-0.39, 0.29) is 17.8 Å². The average Bonchev–Trinajstić information content (AvgIpc) is 3.17. The molecule has 0 aliphatic carbocycles. The molecule has 1 amide bonds. The summed E-state index contributed by atoms with van der Waals surface area (Å²) in [7, 11) is 1.61. The molecule has 0 fully saturated rings. The first-order valence-corrected chi connectivity index (χ1v) is 8.69. The number of ether oxygens (including phenoxy) is 1. The van der Waals surface area contributed by atoms with E-state index in [2.05, 4.69) is 10.3 Å². The molecular formula is C21H21FN2O3. The lowest BCUT2D eigenvalue weighted by Crippen LogP contribution is -2.27. The summed E-state index contributed by atoms with van der Waals surface area (Å²) < 4.78 is 24.0. The van der Waals surface area contributed by atoms with Gasteiger partial charge in [0, 0.05) is 12.0 Å². The number of amides is 1. The minimum Gasteiger partial charge on any atom is -0.496 e. The summed E-state index contributed by atoms with van der Waals surface area (Å²) in [4.78, 5) is 16.5. The molecule has 140 valence electrons. The zero-order valence-corrected chi connectivity index (χ0v) is 15.2. The van der Waals surface area contributed by atoms with Gasteiger partial charge >= 0.3 is 0 Å². The Morgan fingerprint density at radius 3 is 2.70 bits per heavy atom. The number of oxazole rings is 1. The number of carbonyl (C=O) groups excluding carboxylic acids is 1. The maximum Gasteiger partial charge on any atom is 0.220 e. The van der Waals surface area contributed by atoms with E-state index < -0.39 is 0 Å². The van der Waals surface area contributed by atoms with E-state index in [1.807, 2.05) is 24.3 Å². The van der Waals surface area contributed by atoms with Crippen molar-refractivity contribution < 1.29 is 18.3 Å². The molecule has 3 rings (SSSR count). The Morgan fingerprint density at radius 2 is 1.96 bits per heavy atom. The molecule has 2 aromatic carbocycles. The Hall–Kier alpha value is -3.15. The summed E-state index contributed by atoms with van der Waals surface area (Å²) in [5.41, 5.74) is 1.71. The highest BCUT2D eigenvalue weighted by Crippen LogP contribution is 2.23. The van der Waals surface area contributed by atoms with Crippen molar-refractivity contribution in [3.8, 4) is 17.1 Å². The molecule has 27 heavy (non-hydrogen) atoms. The van der Waals surface area contributed by atoms with E-state index in [1.165, 1.54) is 12.1 Å². The molecule has 1 unspecified atom stereocenters. The summed E-state index contributed by atoms with van der Waals surface area (Å²) in [6, 6.07) is 13.2. The molecule has 0 spiro atoms. The predicted molar refractivity (Wildman–Crippen MR) is 99.8 cm³/mol. The number of nitrogens with zero attached hydrogens (tertiary/aromatic N) is 1. The van der Waals surface area contributed by atoms with Gasteiger partial charge in [-0.05, 0) is 49.2 Å². The van der Waals surface area contributed by atoms with Crippen molar-refractivity contribution in [1.29, 1.82) is 0 Å². The molecule has 0 bridgehead atoms. The lowest BCUT2D eigenvalue weighted by atomic mass is 10.1. The van der Waals surface area contributed by atoms with Gasteiger partial charge in [-0.1, -0.05) is 18.2 Å². The van der Waals surface area contributed by atoms with Crippen LogP contribution >= 0.6 is 0 Å². The van der Waals surface area contributed by atoms with Crippen LogP contribution in [0, 0.1) is 5.82 Å². The molecule has 1 N–H and O–H groups in total. The zero-order chi connectivity index (χ0) is 19.2. The molecule has 0 radical (unpaired) electrons. The van der Waals surface area contributed by atoms with E-state index in [1.54, 1.807) is 32.4 Å². The summed E-state index contributed by atoms with van der Waals surface area (Å²) in [5, 5.41) is 2.88. The van der Waals surface area contributed by atoms with Gasteiger partial charge in [0.2, 0.25) is 11.8 Å². The first kappa shape index (κ1) is 18.6. The van der Waals surface area contributed by atoms with Gasteiger partial charge in [-0.3, -0.25) is 4.79 Å². The van der Waals surface area contributed by atoms with Crippen LogP contribution < -0.4 is 10.1 Å². The minimum atomic E-state index is -0.371. The van der Waals surface area contributed by atoms with Crippen molar-refractivity contribution in [2.45, 2.75) is 25.8 Å². The van der Waals surface area contributed by atoms with Crippen LogP contribution in [-0.4, -0.2) is 18.0 Å². The van der Waals surface area contributed by atoms with E-state index in [9.17, 15) is 9.18 Å². The molecular weight excluding hydrogens is 347 g/mol. The number of aromatic nitrogens is 1. The molecule has 1 heterocycles. The van der Waals surface area contributed by atoms with Crippen LogP contribution in [0.4, 0.5) is 4.39 Å². The van der Waals surface area contributed by atoms with Gasteiger partial charge in [-0.2, -0.15) is 0 Å². The van der Waals surface area contributed by atoms with Gasteiger partial charge in [0.1, 0.15) is 17.6 Å². The number of hydrogen-bond donors (Lipinski definition) is 1. The molecule has 6 heteroatoms. The van der Waals surface area contributed by atoms with Crippen LogP contribution in [0.15, 0.2) is 59.1 Å². The molecule has 1 atom stereocenters. The number of rotatable bonds is 7. The largest absolute Gasteiger partial charge is 0.496 e. The number of hydrogen-bond acceptors (Lipinski definition) is 4. The average molecular weight is 368 g/mol. The minimum absolute atomic E-state index is 0.102. The summed E-state index contributed by atoms with van der Waals surface area (Å²) in [5.74, 6) is 1.29. The number of nitrogens with one attached hydrogen (secondary N) is 1. The normalized spacial score (nSPS) is 11.8. The summed E-state index contributed by atoms with van der Waals surface area (Å²) in [6.07, 6.45) is 2.48. The Kier molecular flexibility index (Phi) is 5.86. The highest BCUT2D eigenvalue weighted by molar-refractivity contribution is 5.76. The Labute approximate surface area is 157 Å². The Balaban J connectivity index is 1.57. The van der Waals surface area contributed by atoms with Gasteiger partial charge in [-0.15, -0.1) is 0 Å². The fourth-order valence-corrected chi connectivity index (χ4v) is 2.77. The van der Waals surface area contributed by atoms with E-state index in [4.69, 9.17) is 9.15 Å². The van der Waals surface area contributed by atoms with Crippen molar-refractivity contribution in [2.75, 3.05) is 7.11 Å². The molecule has 0 saturated carbocycles. The number of carbonyl (C=O) groups is 1. The van der Waals surface area contributed by atoms with E-state index >= 15 is 0 Å². The van der Waals surface area contributed by atoms with Crippen LogP contribution in [0.2, 0.25) is 0 Å². The van der Waals surface area contributed by atoms with Crippen molar-refractivity contribution in [3.63, 3.8) is 0 Å². The van der Waals surface area contributed by atoms with Gasteiger partial charge < -0.3 is 14.5 Å². The van der Waals surface area contributed by atoms with Crippen LogP contribution in [-0.2, 0) is 11.2 Å². The third-order valence-electron chi connectivity index (χ3n) is 4.21. The first-order chi connectivity index (χ1) is 13.1. The second kappa shape index (κ2) is 8.49. The Morgan fingerprint density at radius 1 is 1.22 bits per heavy atom. The van der Waals surface area contributed by atoms with Crippen molar-refractivity contribution >= 4 is 5.91 Å². The maximum atomic E-state index is 13.0. The van der Waals surface area contributed by atoms with Crippen molar-refractivity contribution in [2.24, 2.45) is 0 Å². The highest BCUT2D eigenvalue weighted by Gasteiger charge is 2.16. The second-order valence-electron chi connectivity index (χ2n) is 6.17. The number of aryl methyl sites for hydroxylation is 1. The third-order valence-corrected chi connectivity index (χ3v) is 4.21. The molecule has 0 aliphatic rings. The highest BCUT2D eigenvalue weighted by atomic mass is 19.1. The molecule has 3 aromatic rings. The summed E-state index contributed by atoms with van der Waals surface area (Å²) >= 11 is 0. The summed E-state index contributed by atoms with van der Waals surface area (Å²) in [6.45, 7) is 1.81. The monoisotopic (exact) mass is 368 g/mol. The lowest BCUT2D eigenvalue weighted by Gasteiger charge is -2.11. The van der Waals surface area contributed by atoms with E-state index in [0.29, 0.717) is 24.5 Å². The fraction of sp³-hybridized carbons (Fsp3) is 0.238. The van der Waals surface area contributed by atoms with Crippen LogP contribution in [0.3, 0.4) is 0 Å². The lowest BCUT2D eigenvalue weighted by molar-refractivity contribution is -0.121. The zero-order valence-electron chi connectivity index (χ0n) is 15.2. The van der Waals surface area contributed by atoms with E-state index in [0.717, 1.165) is 16.9 Å². The quantitative estimate of drug-likeness (QED) is 0.675. The SMILES string of the molecule is COc1ccccc1CCC(=O)NC(C)c1ncc(-c2ccc(F)cc2)o1. The van der Waals surface area contributed by atoms with Gasteiger partial charge in [0.15, 0.2) is 5.76 Å². The molecule has 5 nitrogen and oxygen atoms in total. The molecule has 1 aromatic heterocycles. The maximum absolute atomic E-state index is 13.0. The third kappa shape index (κ3) is 4.73. The smallest absolute Gasteiger partial charge is 0.220 e. The van der Waals surface area contributed by atoms with Gasteiger partial charge in [0.25, 0.3) is 0 Å². The number of para-hydroxylation sites is 1. The van der Waals surface area contributed by atoms with Crippen molar-refractivity contribution in [1.82, 2.24) is 10.3 Å². The molecule has 0 aliphatic heterocycles. The molecule has 0 saturated heterocycles. The van der Waals surface area contributed by atoms with Crippen LogP contribution in [0.1, 0.15) is 30.8 Å². The number of benzene rings is 2.